The number of morpholine rings is 1. The Morgan fingerprint density at radius 1 is 1.24 bits per heavy atom. The lowest BCUT2D eigenvalue weighted by atomic mass is 10.2. The number of sulfonamides is 1. The first-order valence-electron chi connectivity index (χ1n) is 8.03. The summed E-state index contributed by atoms with van der Waals surface area (Å²) in [6.45, 7) is 5.00. The van der Waals surface area contributed by atoms with Gasteiger partial charge in [-0.2, -0.15) is 4.31 Å². The lowest BCUT2D eigenvalue weighted by Gasteiger charge is -2.26. The second kappa shape index (κ2) is 8.41. The fourth-order valence-electron chi connectivity index (χ4n) is 2.30. The van der Waals surface area contributed by atoms with E-state index in [1.54, 1.807) is 6.92 Å². The van der Waals surface area contributed by atoms with Gasteiger partial charge in [0.1, 0.15) is 0 Å². The Morgan fingerprint density at radius 3 is 2.40 bits per heavy atom. The summed E-state index contributed by atoms with van der Waals surface area (Å²) in [6, 6.07) is 5.47. The zero-order valence-corrected chi connectivity index (χ0v) is 15.0. The van der Waals surface area contributed by atoms with E-state index in [4.69, 9.17) is 9.47 Å². The number of likely N-dealkylation sites (N-methyl/N-ethyl adjacent to an activating group) is 1. The molecule has 9 heteroatoms. The summed E-state index contributed by atoms with van der Waals surface area (Å²) in [4.78, 5) is 23.7. The summed E-state index contributed by atoms with van der Waals surface area (Å²) < 4.78 is 36.6. The van der Waals surface area contributed by atoms with Gasteiger partial charge in [-0.1, -0.05) is 0 Å². The van der Waals surface area contributed by atoms with Crippen molar-refractivity contribution >= 4 is 21.9 Å². The predicted octanol–water partition coefficient (Wildman–Crippen LogP) is 0.389. The summed E-state index contributed by atoms with van der Waals surface area (Å²) >= 11 is 0. The third-order valence-corrected chi connectivity index (χ3v) is 5.61. The number of nitrogens with one attached hydrogen (secondary N) is 1. The maximum Gasteiger partial charge on any atom is 0.338 e. The van der Waals surface area contributed by atoms with Crippen LogP contribution >= 0.6 is 0 Å². The predicted molar refractivity (Wildman–Crippen MR) is 89.6 cm³/mol. The minimum absolute atomic E-state index is 0.0997. The SMILES string of the molecule is CCNC(=O)[C@@H](C)OC(=O)c1ccc(S(=O)(=O)N2CCOCC2)cc1. The van der Waals surface area contributed by atoms with Crippen LogP contribution in [0.2, 0.25) is 0 Å². The lowest BCUT2D eigenvalue weighted by molar-refractivity contribution is -0.128. The van der Waals surface area contributed by atoms with Crippen LogP contribution in [0.25, 0.3) is 0 Å². The van der Waals surface area contributed by atoms with Gasteiger partial charge in [-0.3, -0.25) is 4.79 Å². The van der Waals surface area contributed by atoms with E-state index >= 15 is 0 Å². The number of carbonyl (C=O) groups excluding carboxylic acids is 2. The molecule has 1 aliphatic rings. The highest BCUT2D eigenvalue weighted by Crippen LogP contribution is 2.18. The first-order valence-corrected chi connectivity index (χ1v) is 9.47. The van der Waals surface area contributed by atoms with Crippen molar-refractivity contribution < 1.29 is 27.5 Å². The van der Waals surface area contributed by atoms with Gasteiger partial charge in [0.2, 0.25) is 10.0 Å². The summed E-state index contributed by atoms with van der Waals surface area (Å²) in [6.07, 6.45) is -0.927. The van der Waals surface area contributed by atoms with Crippen molar-refractivity contribution in [1.82, 2.24) is 9.62 Å². The van der Waals surface area contributed by atoms with E-state index in [2.05, 4.69) is 5.32 Å². The van der Waals surface area contributed by atoms with Gasteiger partial charge in [0.25, 0.3) is 5.91 Å². The van der Waals surface area contributed by atoms with E-state index in [0.717, 1.165) is 0 Å². The fourth-order valence-corrected chi connectivity index (χ4v) is 3.71. The Bertz CT molecular complexity index is 711. The van der Waals surface area contributed by atoms with Gasteiger partial charge in [0.15, 0.2) is 6.10 Å². The van der Waals surface area contributed by atoms with Crippen molar-refractivity contribution in [1.29, 1.82) is 0 Å². The molecule has 1 N–H and O–H groups in total. The quantitative estimate of drug-likeness (QED) is 0.727. The van der Waals surface area contributed by atoms with Crippen LogP contribution in [0.1, 0.15) is 24.2 Å². The van der Waals surface area contributed by atoms with Crippen LogP contribution in [-0.4, -0.2) is 63.6 Å². The first kappa shape index (κ1) is 19.4. The smallest absolute Gasteiger partial charge is 0.338 e. The number of benzene rings is 1. The second-order valence-electron chi connectivity index (χ2n) is 5.48. The standard InChI is InChI=1S/C16H22N2O6S/c1-3-17-15(19)12(2)24-16(20)13-4-6-14(7-5-13)25(21,22)18-8-10-23-11-9-18/h4-7,12H,3,8-11H2,1-2H3,(H,17,19)/t12-/m1/s1. The Hall–Kier alpha value is -1.97. The highest BCUT2D eigenvalue weighted by atomic mass is 32.2. The average Bonchev–Trinajstić information content (AvgIpc) is 2.62. The maximum atomic E-state index is 12.5. The van der Waals surface area contributed by atoms with Crippen LogP contribution in [0.3, 0.4) is 0 Å². The number of esters is 1. The number of nitrogens with zero attached hydrogens (tertiary/aromatic N) is 1. The van der Waals surface area contributed by atoms with Crippen molar-refractivity contribution in [3.8, 4) is 0 Å². The molecule has 1 aliphatic heterocycles. The fraction of sp³-hybridized carbons (Fsp3) is 0.500. The van der Waals surface area contributed by atoms with Crippen molar-refractivity contribution in [2.75, 3.05) is 32.8 Å². The largest absolute Gasteiger partial charge is 0.449 e. The van der Waals surface area contributed by atoms with Crippen LogP contribution in [-0.2, 0) is 24.3 Å². The molecule has 1 atom stereocenters. The third kappa shape index (κ3) is 4.77. The van der Waals surface area contributed by atoms with Crippen molar-refractivity contribution in [3.05, 3.63) is 29.8 Å². The summed E-state index contributed by atoms with van der Waals surface area (Å²) in [7, 11) is -3.61. The number of hydrogen-bond acceptors (Lipinski definition) is 6. The molecular weight excluding hydrogens is 348 g/mol. The molecule has 1 amide bonds. The normalized spacial score (nSPS) is 16.9. The topological polar surface area (TPSA) is 102 Å². The number of ether oxygens (including phenoxy) is 2. The van der Waals surface area contributed by atoms with Gasteiger partial charge in [-0.15, -0.1) is 0 Å². The molecule has 1 heterocycles. The molecule has 0 unspecified atom stereocenters. The van der Waals surface area contributed by atoms with Crippen molar-refractivity contribution in [2.24, 2.45) is 0 Å². The van der Waals surface area contributed by atoms with Crippen LogP contribution in [0.5, 0.6) is 0 Å². The highest BCUT2D eigenvalue weighted by Gasteiger charge is 2.26. The molecule has 0 spiro atoms. The van der Waals surface area contributed by atoms with E-state index in [-0.39, 0.29) is 16.4 Å². The van der Waals surface area contributed by atoms with Gasteiger partial charge in [-0.25, -0.2) is 13.2 Å². The van der Waals surface area contributed by atoms with Crippen LogP contribution in [0.4, 0.5) is 0 Å². The van der Waals surface area contributed by atoms with Crippen molar-refractivity contribution in [2.45, 2.75) is 24.8 Å². The molecule has 0 radical (unpaired) electrons. The molecule has 138 valence electrons. The lowest BCUT2D eigenvalue weighted by Crippen LogP contribution is -2.40. The van der Waals surface area contributed by atoms with E-state index in [0.29, 0.717) is 32.8 Å². The third-order valence-electron chi connectivity index (χ3n) is 3.70. The molecule has 2 rings (SSSR count). The second-order valence-corrected chi connectivity index (χ2v) is 7.42. The molecule has 1 aromatic rings. The Labute approximate surface area is 147 Å². The zero-order valence-electron chi connectivity index (χ0n) is 14.2. The Kier molecular flexibility index (Phi) is 6.51. The minimum Gasteiger partial charge on any atom is -0.449 e. The zero-order chi connectivity index (χ0) is 18.4. The van der Waals surface area contributed by atoms with E-state index in [9.17, 15) is 18.0 Å². The van der Waals surface area contributed by atoms with Gasteiger partial charge >= 0.3 is 5.97 Å². The average molecular weight is 370 g/mol. The summed E-state index contributed by atoms with van der Waals surface area (Å²) in [5.74, 6) is -1.07. The first-order chi connectivity index (χ1) is 11.9. The van der Waals surface area contributed by atoms with E-state index in [1.165, 1.54) is 35.5 Å². The number of rotatable bonds is 6. The van der Waals surface area contributed by atoms with E-state index < -0.39 is 22.1 Å². The molecule has 8 nitrogen and oxygen atoms in total. The van der Waals surface area contributed by atoms with Crippen LogP contribution < -0.4 is 5.32 Å². The molecule has 25 heavy (non-hydrogen) atoms. The molecule has 1 saturated heterocycles. The minimum atomic E-state index is -3.61. The monoisotopic (exact) mass is 370 g/mol. The van der Waals surface area contributed by atoms with Gasteiger partial charge in [-0.05, 0) is 38.1 Å². The molecule has 0 bridgehead atoms. The molecule has 0 saturated carbocycles. The van der Waals surface area contributed by atoms with E-state index in [1.807, 2.05) is 0 Å². The Morgan fingerprint density at radius 2 is 1.84 bits per heavy atom. The molecule has 0 aromatic heterocycles. The summed E-state index contributed by atoms with van der Waals surface area (Å²) in [5.41, 5.74) is 0.178. The maximum absolute atomic E-state index is 12.5. The molecular formula is C16H22N2O6S. The van der Waals surface area contributed by atoms with Gasteiger partial charge < -0.3 is 14.8 Å². The van der Waals surface area contributed by atoms with Crippen LogP contribution in [0, 0.1) is 0 Å². The number of amides is 1. The Balaban J connectivity index is 2.06. The molecule has 0 aliphatic carbocycles. The van der Waals surface area contributed by atoms with Gasteiger partial charge in [0, 0.05) is 19.6 Å². The summed E-state index contributed by atoms with van der Waals surface area (Å²) in [5, 5.41) is 2.56. The highest BCUT2D eigenvalue weighted by molar-refractivity contribution is 7.89. The number of carbonyl (C=O) groups is 2. The van der Waals surface area contributed by atoms with Crippen molar-refractivity contribution in [3.63, 3.8) is 0 Å². The molecule has 1 aromatic carbocycles. The van der Waals surface area contributed by atoms with Crippen LogP contribution in [0.15, 0.2) is 29.2 Å². The number of hydrogen-bond donors (Lipinski definition) is 1. The van der Waals surface area contributed by atoms with Gasteiger partial charge in [0.05, 0.1) is 23.7 Å². The molecule has 1 fully saturated rings.